The Morgan fingerprint density at radius 1 is 0.893 bits per heavy atom. The van der Waals surface area contributed by atoms with Crippen molar-refractivity contribution in [1.82, 2.24) is 4.98 Å². The summed E-state index contributed by atoms with van der Waals surface area (Å²) in [5, 5.41) is 0. The maximum atomic E-state index is 5.82. The molecule has 0 aliphatic carbocycles. The van der Waals surface area contributed by atoms with Crippen molar-refractivity contribution in [3.8, 4) is 11.5 Å². The van der Waals surface area contributed by atoms with Gasteiger partial charge in [0.25, 0.3) is 0 Å². The summed E-state index contributed by atoms with van der Waals surface area (Å²) >= 11 is 0. The molecule has 1 heterocycles. The third kappa shape index (κ3) is 3.81. The predicted molar refractivity (Wildman–Crippen MR) is 117 cm³/mol. The minimum atomic E-state index is 0.628. The van der Waals surface area contributed by atoms with Crippen molar-refractivity contribution in [2.75, 3.05) is 18.0 Å². The van der Waals surface area contributed by atoms with E-state index >= 15 is 0 Å². The molecule has 4 nitrogen and oxygen atoms in total. The van der Waals surface area contributed by atoms with Gasteiger partial charge in [-0.15, -0.1) is 0 Å². The molecule has 4 heteroatoms. The van der Waals surface area contributed by atoms with Crippen molar-refractivity contribution >= 4 is 28.7 Å². The van der Waals surface area contributed by atoms with Crippen molar-refractivity contribution in [3.05, 3.63) is 78.4 Å². The molecule has 4 rings (SSSR count). The summed E-state index contributed by atoms with van der Waals surface area (Å²) in [5.74, 6) is 0.628. The molecule has 0 atom stereocenters. The largest absolute Gasteiger partial charge is 0.436 e. The van der Waals surface area contributed by atoms with Crippen LogP contribution in [0.1, 0.15) is 19.4 Å². The number of para-hydroxylation sites is 2. The van der Waals surface area contributed by atoms with Crippen LogP contribution in [-0.2, 0) is 0 Å². The van der Waals surface area contributed by atoms with E-state index in [-0.39, 0.29) is 0 Å². The van der Waals surface area contributed by atoms with Gasteiger partial charge in [0.05, 0.1) is 5.69 Å². The molecule has 1 aromatic heterocycles. The van der Waals surface area contributed by atoms with Crippen LogP contribution in [0.5, 0.6) is 0 Å². The van der Waals surface area contributed by atoms with E-state index < -0.39 is 0 Å². The first-order valence-corrected chi connectivity index (χ1v) is 9.62. The van der Waals surface area contributed by atoms with Crippen LogP contribution in [0.2, 0.25) is 0 Å². The van der Waals surface area contributed by atoms with Crippen LogP contribution in [0.4, 0.5) is 11.4 Å². The predicted octanol–water partition coefficient (Wildman–Crippen LogP) is 6.09. The Bertz CT molecular complexity index is 1040. The Morgan fingerprint density at radius 2 is 1.61 bits per heavy atom. The second-order valence-corrected chi connectivity index (χ2v) is 6.56. The van der Waals surface area contributed by atoms with Gasteiger partial charge in [-0.05, 0) is 67.9 Å². The van der Waals surface area contributed by atoms with Crippen LogP contribution < -0.4 is 4.90 Å². The first-order chi connectivity index (χ1) is 13.8. The summed E-state index contributed by atoms with van der Waals surface area (Å²) in [4.78, 5) is 11.4. The monoisotopic (exact) mass is 369 g/mol. The lowest BCUT2D eigenvalue weighted by molar-refractivity contribution is 0.620. The van der Waals surface area contributed by atoms with E-state index in [4.69, 9.17) is 4.42 Å². The van der Waals surface area contributed by atoms with E-state index in [0.717, 1.165) is 41.0 Å². The van der Waals surface area contributed by atoms with Gasteiger partial charge >= 0.3 is 0 Å². The summed E-state index contributed by atoms with van der Waals surface area (Å²) in [7, 11) is 0. The molecular formula is C24H23N3O. The first kappa shape index (κ1) is 18.0. The average molecular weight is 369 g/mol. The lowest BCUT2D eigenvalue weighted by Crippen LogP contribution is -2.21. The topological polar surface area (TPSA) is 41.6 Å². The van der Waals surface area contributed by atoms with Crippen LogP contribution in [0, 0.1) is 0 Å². The average Bonchev–Trinajstić information content (AvgIpc) is 3.19. The lowest BCUT2D eigenvalue weighted by atomic mass is 10.2. The lowest BCUT2D eigenvalue weighted by Gasteiger charge is -2.20. The van der Waals surface area contributed by atoms with Crippen molar-refractivity contribution < 1.29 is 4.42 Å². The third-order valence-corrected chi connectivity index (χ3v) is 4.79. The van der Waals surface area contributed by atoms with E-state index in [1.807, 2.05) is 54.7 Å². The molecule has 3 aromatic carbocycles. The maximum Gasteiger partial charge on any atom is 0.227 e. The number of aromatic nitrogens is 1. The summed E-state index contributed by atoms with van der Waals surface area (Å²) in [5.41, 5.74) is 5.83. The maximum absolute atomic E-state index is 5.82. The van der Waals surface area contributed by atoms with Crippen molar-refractivity contribution in [2.24, 2.45) is 4.99 Å². The zero-order valence-corrected chi connectivity index (χ0v) is 16.2. The molecule has 0 radical (unpaired) electrons. The SMILES string of the molecule is CCN(CC)c1ccc(C=Nc2ccc(-c3nc4ccccc4o3)cc2)cc1. The van der Waals surface area contributed by atoms with E-state index in [1.54, 1.807) is 0 Å². The van der Waals surface area contributed by atoms with E-state index in [0.29, 0.717) is 5.89 Å². The zero-order valence-electron chi connectivity index (χ0n) is 16.2. The van der Waals surface area contributed by atoms with Gasteiger partial charge in [0.1, 0.15) is 5.52 Å². The summed E-state index contributed by atoms with van der Waals surface area (Å²) in [6, 6.07) is 24.2. The Hall–Kier alpha value is -3.40. The number of aliphatic imine (C=N–C) groups is 1. The van der Waals surface area contributed by atoms with Gasteiger partial charge in [0, 0.05) is 30.6 Å². The van der Waals surface area contributed by atoms with Crippen molar-refractivity contribution in [1.29, 1.82) is 0 Å². The van der Waals surface area contributed by atoms with Crippen LogP contribution in [0.25, 0.3) is 22.6 Å². The van der Waals surface area contributed by atoms with Crippen LogP contribution in [0.3, 0.4) is 0 Å². The third-order valence-electron chi connectivity index (χ3n) is 4.79. The fourth-order valence-corrected chi connectivity index (χ4v) is 3.19. The molecule has 0 unspecified atom stereocenters. The normalized spacial score (nSPS) is 11.4. The van der Waals surface area contributed by atoms with Crippen LogP contribution >= 0.6 is 0 Å². The molecule has 0 aliphatic heterocycles. The highest BCUT2D eigenvalue weighted by Gasteiger charge is 2.07. The standard InChI is InChI=1S/C24H23N3O/c1-3-27(4-2)21-15-9-18(10-16-21)17-25-20-13-11-19(12-14-20)24-26-22-7-5-6-8-23(22)28-24/h5-17H,3-4H2,1-2H3. The van der Waals surface area contributed by atoms with Crippen LogP contribution in [-0.4, -0.2) is 24.3 Å². The first-order valence-electron chi connectivity index (χ1n) is 9.62. The molecule has 0 N–H and O–H groups in total. The van der Waals surface area contributed by atoms with E-state index in [1.165, 1.54) is 5.69 Å². The molecule has 4 aromatic rings. The van der Waals surface area contributed by atoms with Gasteiger partial charge in [-0.25, -0.2) is 4.98 Å². The number of rotatable bonds is 6. The summed E-state index contributed by atoms with van der Waals surface area (Å²) in [6.45, 7) is 6.36. The number of hydrogen-bond donors (Lipinski definition) is 0. The van der Waals surface area contributed by atoms with E-state index in [9.17, 15) is 0 Å². The highest BCUT2D eigenvalue weighted by molar-refractivity contribution is 5.83. The van der Waals surface area contributed by atoms with Gasteiger partial charge in [-0.1, -0.05) is 24.3 Å². The molecule has 28 heavy (non-hydrogen) atoms. The minimum absolute atomic E-state index is 0.628. The van der Waals surface area contributed by atoms with Gasteiger partial charge in [0.2, 0.25) is 5.89 Å². The number of nitrogens with zero attached hydrogens (tertiary/aromatic N) is 3. The van der Waals surface area contributed by atoms with Gasteiger partial charge in [-0.3, -0.25) is 4.99 Å². The second-order valence-electron chi connectivity index (χ2n) is 6.56. The molecular weight excluding hydrogens is 346 g/mol. The van der Waals surface area contributed by atoms with Crippen molar-refractivity contribution in [2.45, 2.75) is 13.8 Å². The van der Waals surface area contributed by atoms with E-state index in [2.05, 4.69) is 53.0 Å². The molecule has 140 valence electrons. The van der Waals surface area contributed by atoms with Gasteiger partial charge in [0.15, 0.2) is 5.58 Å². The molecule has 0 saturated heterocycles. The summed E-state index contributed by atoms with van der Waals surface area (Å²) in [6.07, 6.45) is 1.89. The quantitative estimate of drug-likeness (QED) is 0.386. The highest BCUT2D eigenvalue weighted by Crippen LogP contribution is 2.26. The Kier molecular flexibility index (Phi) is 5.20. The number of benzene rings is 3. The van der Waals surface area contributed by atoms with Gasteiger partial charge < -0.3 is 9.32 Å². The molecule has 0 fully saturated rings. The summed E-state index contributed by atoms with van der Waals surface area (Å²) < 4.78 is 5.82. The molecule has 0 aliphatic rings. The number of anilines is 1. The second kappa shape index (κ2) is 8.09. The number of hydrogen-bond acceptors (Lipinski definition) is 4. The molecule has 0 spiro atoms. The molecule has 0 amide bonds. The fourth-order valence-electron chi connectivity index (χ4n) is 3.19. The van der Waals surface area contributed by atoms with Gasteiger partial charge in [-0.2, -0.15) is 0 Å². The fraction of sp³-hybridized carbons (Fsp3) is 0.167. The zero-order chi connectivity index (χ0) is 19.3. The molecule has 0 saturated carbocycles. The smallest absolute Gasteiger partial charge is 0.227 e. The number of oxazole rings is 1. The number of fused-ring (bicyclic) bond motifs is 1. The van der Waals surface area contributed by atoms with Crippen LogP contribution in [0.15, 0.2) is 82.2 Å². The Balaban J connectivity index is 1.48. The molecule has 0 bridgehead atoms. The Morgan fingerprint density at radius 3 is 2.29 bits per heavy atom. The highest BCUT2D eigenvalue weighted by atomic mass is 16.3. The Labute approximate surface area is 165 Å². The van der Waals surface area contributed by atoms with Crippen molar-refractivity contribution in [3.63, 3.8) is 0 Å². The minimum Gasteiger partial charge on any atom is -0.436 e.